The Morgan fingerprint density at radius 3 is 2.67 bits per heavy atom. The number of nitrogens with one attached hydrogen (secondary N) is 3. The van der Waals surface area contributed by atoms with Crippen molar-refractivity contribution >= 4 is 10.0 Å². The molecule has 1 rings (SSSR count). The Bertz CT molecular complexity index is 397. The number of aromatic amines is 1. The Labute approximate surface area is 90.3 Å². The Morgan fingerprint density at radius 2 is 2.07 bits per heavy atom. The van der Waals surface area contributed by atoms with E-state index in [0.29, 0.717) is 13.1 Å². The largest absolute Gasteiger partial charge is 0.363 e. The Kier molecular flexibility index (Phi) is 4.31. The molecule has 15 heavy (non-hydrogen) atoms. The van der Waals surface area contributed by atoms with Crippen molar-refractivity contribution in [1.29, 1.82) is 0 Å². The highest BCUT2D eigenvalue weighted by Crippen LogP contribution is 2.09. The molecule has 1 aromatic rings. The fourth-order valence-corrected chi connectivity index (χ4v) is 2.27. The van der Waals surface area contributed by atoms with Gasteiger partial charge in [0.25, 0.3) is 0 Å². The van der Waals surface area contributed by atoms with Crippen LogP contribution in [0.15, 0.2) is 17.2 Å². The maximum atomic E-state index is 11.6. The molecule has 1 heterocycles. The number of H-pyrrole nitrogens is 1. The van der Waals surface area contributed by atoms with E-state index in [4.69, 9.17) is 0 Å². The van der Waals surface area contributed by atoms with Crippen LogP contribution in [-0.2, 0) is 16.6 Å². The average Bonchev–Trinajstić information content (AvgIpc) is 2.63. The highest BCUT2D eigenvalue weighted by molar-refractivity contribution is 7.89. The Hall–Kier alpha value is -0.850. The third kappa shape index (κ3) is 3.33. The average molecular weight is 231 g/mol. The van der Waals surface area contributed by atoms with Crippen LogP contribution in [0.25, 0.3) is 0 Å². The summed E-state index contributed by atoms with van der Waals surface area (Å²) in [6, 6.07) is 1.64. The van der Waals surface area contributed by atoms with Crippen LogP contribution in [0.4, 0.5) is 0 Å². The monoisotopic (exact) mass is 231 g/mol. The van der Waals surface area contributed by atoms with E-state index in [9.17, 15) is 8.42 Å². The van der Waals surface area contributed by atoms with E-state index in [1.807, 2.05) is 6.92 Å². The van der Waals surface area contributed by atoms with Crippen molar-refractivity contribution in [3.8, 4) is 0 Å². The minimum atomic E-state index is -3.32. The summed E-state index contributed by atoms with van der Waals surface area (Å²) in [4.78, 5) is 3.21. The van der Waals surface area contributed by atoms with Crippen LogP contribution < -0.4 is 10.0 Å². The number of hydrogen-bond acceptors (Lipinski definition) is 3. The fourth-order valence-electron chi connectivity index (χ4n) is 1.21. The maximum Gasteiger partial charge on any atom is 0.242 e. The summed E-state index contributed by atoms with van der Waals surface area (Å²) in [5.74, 6) is 0. The molecule has 0 saturated carbocycles. The van der Waals surface area contributed by atoms with Crippen molar-refractivity contribution in [2.75, 3.05) is 13.1 Å². The van der Waals surface area contributed by atoms with E-state index in [0.717, 1.165) is 12.2 Å². The van der Waals surface area contributed by atoms with Crippen molar-refractivity contribution in [1.82, 2.24) is 15.0 Å². The fraction of sp³-hybridized carbons (Fsp3) is 0.556. The summed E-state index contributed by atoms with van der Waals surface area (Å²) in [5, 5.41) is 3.11. The van der Waals surface area contributed by atoms with Gasteiger partial charge in [-0.3, -0.25) is 0 Å². The van der Waals surface area contributed by atoms with Crippen LogP contribution in [0, 0.1) is 0 Å². The lowest BCUT2D eigenvalue weighted by molar-refractivity contribution is 0.584. The van der Waals surface area contributed by atoms with Crippen LogP contribution in [0.5, 0.6) is 0 Å². The van der Waals surface area contributed by atoms with Gasteiger partial charge in [-0.2, -0.15) is 0 Å². The second kappa shape index (κ2) is 5.29. The van der Waals surface area contributed by atoms with E-state index in [1.165, 1.54) is 6.20 Å². The molecule has 0 fully saturated rings. The van der Waals surface area contributed by atoms with Crippen molar-refractivity contribution in [2.24, 2.45) is 0 Å². The molecule has 3 N–H and O–H groups in total. The molecule has 0 aromatic carbocycles. The predicted octanol–water partition coefficient (Wildman–Crippen LogP) is 0.422. The van der Waals surface area contributed by atoms with Crippen LogP contribution in [0.1, 0.15) is 19.5 Å². The van der Waals surface area contributed by atoms with Crippen molar-refractivity contribution in [2.45, 2.75) is 25.3 Å². The number of hydrogen-bond donors (Lipinski definition) is 3. The predicted molar refractivity (Wildman–Crippen MR) is 59.0 cm³/mol. The van der Waals surface area contributed by atoms with Gasteiger partial charge in [-0.25, -0.2) is 13.1 Å². The Balaban J connectivity index is 2.75. The molecule has 0 amide bonds. The zero-order valence-corrected chi connectivity index (χ0v) is 9.82. The summed E-state index contributed by atoms with van der Waals surface area (Å²) < 4.78 is 25.6. The van der Waals surface area contributed by atoms with Crippen LogP contribution in [0.3, 0.4) is 0 Å². The third-order valence-electron chi connectivity index (χ3n) is 1.93. The summed E-state index contributed by atoms with van der Waals surface area (Å²) >= 11 is 0. The second-order valence-corrected chi connectivity index (χ2v) is 4.91. The van der Waals surface area contributed by atoms with E-state index in [-0.39, 0.29) is 4.90 Å². The van der Waals surface area contributed by atoms with Gasteiger partial charge in [-0.1, -0.05) is 13.8 Å². The lowest BCUT2D eigenvalue weighted by Gasteiger charge is -2.00. The van der Waals surface area contributed by atoms with E-state index in [2.05, 4.69) is 15.0 Å². The Morgan fingerprint density at radius 1 is 1.33 bits per heavy atom. The number of rotatable bonds is 6. The molecule has 6 heteroatoms. The highest BCUT2D eigenvalue weighted by atomic mass is 32.2. The van der Waals surface area contributed by atoms with E-state index >= 15 is 0 Å². The number of sulfonamides is 1. The van der Waals surface area contributed by atoms with Crippen molar-refractivity contribution in [3.63, 3.8) is 0 Å². The van der Waals surface area contributed by atoms with Gasteiger partial charge in [0.2, 0.25) is 10.0 Å². The first-order valence-electron chi connectivity index (χ1n) is 4.97. The highest BCUT2D eigenvalue weighted by Gasteiger charge is 2.13. The van der Waals surface area contributed by atoms with Crippen LogP contribution in [-0.4, -0.2) is 26.5 Å². The standard InChI is InChI=1S/C9H17N3O2S/c1-3-10-6-8-5-9(7-11-8)15(13,14)12-4-2/h5,7,10-12H,3-4,6H2,1-2H3. The zero-order valence-electron chi connectivity index (χ0n) is 9.00. The molecule has 0 aliphatic heterocycles. The molecule has 5 nitrogen and oxygen atoms in total. The molecule has 0 bridgehead atoms. The second-order valence-electron chi connectivity index (χ2n) is 3.14. The van der Waals surface area contributed by atoms with Gasteiger partial charge < -0.3 is 10.3 Å². The minimum Gasteiger partial charge on any atom is -0.363 e. The van der Waals surface area contributed by atoms with Gasteiger partial charge in [0.15, 0.2) is 0 Å². The van der Waals surface area contributed by atoms with Gasteiger partial charge in [-0.05, 0) is 12.6 Å². The molecule has 0 spiro atoms. The smallest absolute Gasteiger partial charge is 0.242 e. The summed E-state index contributed by atoms with van der Waals surface area (Å²) in [6.07, 6.45) is 1.50. The van der Waals surface area contributed by atoms with E-state index in [1.54, 1.807) is 13.0 Å². The van der Waals surface area contributed by atoms with Crippen molar-refractivity contribution < 1.29 is 8.42 Å². The third-order valence-corrected chi connectivity index (χ3v) is 3.45. The quantitative estimate of drug-likeness (QED) is 0.664. The molecule has 0 aliphatic carbocycles. The molecule has 0 aliphatic rings. The molecule has 1 aromatic heterocycles. The van der Waals surface area contributed by atoms with Crippen LogP contribution >= 0.6 is 0 Å². The van der Waals surface area contributed by atoms with Gasteiger partial charge in [0.1, 0.15) is 0 Å². The van der Waals surface area contributed by atoms with Gasteiger partial charge in [0, 0.05) is 25.0 Å². The van der Waals surface area contributed by atoms with Crippen LogP contribution in [0.2, 0.25) is 0 Å². The molecule has 0 saturated heterocycles. The van der Waals surface area contributed by atoms with Gasteiger partial charge in [0.05, 0.1) is 4.90 Å². The normalized spacial score (nSPS) is 11.9. The summed E-state index contributed by atoms with van der Waals surface area (Å²) in [7, 11) is -3.32. The first-order chi connectivity index (χ1) is 7.10. The summed E-state index contributed by atoms with van der Waals surface area (Å²) in [5.41, 5.74) is 0.869. The topological polar surface area (TPSA) is 74.0 Å². The molecular formula is C9H17N3O2S. The lowest BCUT2D eigenvalue weighted by Crippen LogP contribution is -2.22. The first-order valence-corrected chi connectivity index (χ1v) is 6.46. The van der Waals surface area contributed by atoms with Gasteiger partial charge in [-0.15, -0.1) is 0 Å². The first kappa shape index (κ1) is 12.2. The molecule has 86 valence electrons. The minimum absolute atomic E-state index is 0.289. The summed E-state index contributed by atoms with van der Waals surface area (Å²) in [6.45, 7) is 5.66. The van der Waals surface area contributed by atoms with Crippen molar-refractivity contribution in [3.05, 3.63) is 18.0 Å². The maximum absolute atomic E-state index is 11.6. The van der Waals surface area contributed by atoms with E-state index < -0.39 is 10.0 Å². The molecule has 0 atom stereocenters. The van der Waals surface area contributed by atoms with Gasteiger partial charge >= 0.3 is 0 Å². The molecule has 0 radical (unpaired) electrons. The zero-order chi connectivity index (χ0) is 11.3. The lowest BCUT2D eigenvalue weighted by atomic mass is 10.4. The SMILES string of the molecule is CCNCc1cc(S(=O)(=O)NCC)c[nH]1. The molecule has 0 unspecified atom stereocenters. The number of aromatic nitrogens is 1. The molecular weight excluding hydrogens is 214 g/mol.